The molecule has 0 radical (unpaired) electrons. The minimum absolute atomic E-state index is 0.0584. The molecule has 0 bridgehead atoms. The Labute approximate surface area is 182 Å². The number of carboxylic acid groups (broad SMARTS) is 1. The van der Waals surface area contributed by atoms with E-state index in [1.165, 1.54) is 6.07 Å². The average Bonchev–Trinajstić information content (AvgIpc) is 3.17. The summed E-state index contributed by atoms with van der Waals surface area (Å²) in [7, 11) is 0. The van der Waals surface area contributed by atoms with Crippen LogP contribution in [-0.2, 0) is 13.2 Å². The molecule has 3 rings (SSSR count). The number of aromatic nitrogens is 2. The summed E-state index contributed by atoms with van der Waals surface area (Å²) in [5.41, 5.74) is 0.147. The number of rotatable bonds is 7. The highest BCUT2D eigenvalue weighted by Gasteiger charge is 2.23. The fraction of sp³-hybridized carbons (Fsp3) is 0.286. The smallest absolute Gasteiger partial charge is 0.341 e. The van der Waals surface area contributed by atoms with E-state index >= 15 is 0 Å². The molecule has 2 aromatic heterocycles. The van der Waals surface area contributed by atoms with E-state index in [0.717, 1.165) is 11.8 Å². The lowest BCUT2D eigenvalue weighted by atomic mass is 10.0. The van der Waals surface area contributed by atoms with Crippen LogP contribution >= 0.6 is 23.2 Å². The molecule has 0 atom stereocenters. The Morgan fingerprint density at radius 3 is 2.53 bits per heavy atom. The lowest BCUT2D eigenvalue weighted by Crippen LogP contribution is -2.22. The molecule has 1 N–H and O–H groups in total. The van der Waals surface area contributed by atoms with Gasteiger partial charge < -0.3 is 18.9 Å². The van der Waals surface area contributed by atoms with E-state index in [0.29, 0.717) is 22.8 Å². The highest BCUT2D eigenvalue weighted by molar-refractivity contribution is 6.42. The van der Waals surface area contributed by atoms with Gasteiger partial charge in [0.15, 0.2) is 5.88 Å². The Bertz CT molecular complexity index is 1150. The van der Waals surface area contributed by atoms with Crippen molar-refractivity contribution in [3.8, 4) is 17.1 Å². The number of hydrogen-bond acceptors (Lipinski definition) is 5. The number of hydrogen-bond donors (Lipinski definition) is 1. The molecule has 0 aliphatic carbocycles. The lowest BCUT2D eigenvalue weighted by Gasteiger charge is -2.19. The first-order valence-electron chi connectivity index (χ1n) is 9.27. The topological polar surface area (TPSA) is 94.6 Å². The van der Waals surface area contributed by atoms with Crippen LogP contribution in [0.2, 0.25) is 10.0 Å². The molecule has 2 heterocycles. The zero-order valence-corrected chi connectivity index (χ0v) is 18.1. The summed E-state index contributed by atoms with van der Waals surface area (Å²) in [6.07, 6.45) is 0. The summed E-state index contributed by atoms with van der Waals surface area (Å²) in [6.45, 7) is 6.18. The van der Waals surface area contributed by atoms with Gasteiger partial charge in [-0.15, -0.1) is 0 Å². The van der Waals surface area contributed by atoms with Crippen molar-refractivity contribution in [2.24, 2.45) is 0 Å². The Morgan fingerprint density at radius 2 is 1.97 bits per heavy atom. The molecule has 30 heavy (non-hydrogen) atoms. The first kappa shape index (κ1) is 21.9. The average molecular weight is 451 g/mol. The number of pyridine rings is 1. The lowest BCUT2D eigenvalue weighted by molar-refractivity contribution is 0.0695. The predicted molar refractivity (Wildman–Crippen MR) is 114 cm³/mol. The molecule has 0 saturated carbocycles. The molecular weight excluding hydrogens is 431 g/mol. The van der Waals surface area contributed by atoms with Crippen molar-refractivity contribution >= 4 is 29.2 Å². The van der Waals surface area contributed by atoms with Crippen LogP contribution in [0.15, 0.2) is 39.6 Å². The van der Waals surface area contributed by atoms with Crippen molar-refractivity contribution in [3.63, 3.8) is 0 Å². The van der Waals surface area contributed by atoms with E-state index in [1.54, 1.807) is 22.8 Å². The summed E-state index contributed by atoms with van der Waals surface area (Å²) in [4.78, 5) is 24.5. The van der Waals surface area contributed by atoms with E-state index in [1.807, 2.05) is 20.8 Å². The van der Waals surface area contributed by atoms with Crippen LogP contribution in [0.25, 0.3) is 11.3 Å². The maximum atomic E-state index is 12.6. The zero-order valence-electron chi connectivity index (χ0n) is 16.6. The maximum Gasteiger partial charge on any atom is 0.341 e. The van der Waals surface area contributed by atoms with Crippen molar-refractivity contribution in [1.82, 2.24) is 9.72 Å². The highest BCUT2D eigenvalue weighted by Crippen LogP contribution is 2.32. The number of carboxylic acids is 1. The predicted octanol–water partition coefficient (Wildman–Crippen LogP) is 5.23. The quantitative estimate of drug-likeness (QED) is 0.529. The number of benzene rings is 1. The third-order valence-electron chi connectivity index (χ3n) is 4.51. The van der Waals surface area contributed by atoms with Gasteiger partial charge in [0.1, 0.15) is 23.6 Å². The van der Waals surface area contributed by atoms with E-state index in [-0.39, 0.29) is 34.7 Å². The van der Waals surface area contributed by atoms with Gasteiger partial charge >= 0.3 is 5.97 Å². The number of carbonyl (C=O) groups is 1. The van der Waals surface area contributed by atoms with Crippen LogP contribution in [-0.4, -0.2) is 20.8 Å². The number of aromatic carboxylic acids is 1. The summed E-state index contributed by atoms with van der Waals surface area (Å²) >= 11 is 12.1. The summed E-state index contributed by atoms with van der Waals surface area (Å²) in [6, 6.07) is 7.62. The van der Waals surface area contributed by atoms with Crippen LogP contribution in [0.5, 0.6) is 5.88 Å². The largest absolute Gasteiger partial charge is 0.477 e. The van der Waals surface area contributed by atoms with E-state index in [4.69, 9.17) is 32.5 Å². The molecule has 0 fully saturated rings. The first-order valence-corrected chi connectivity index (χ1v) is 10.0. The van der Waals surface area contributed by atoms with Crippen LogP contribution < -0.4 is 10.2 Å². The van der Waals surface area contributed by atoms with Gasteiger partial charge in [0.2, 0.25) is 5.43 Å². The molecule has 0 unspecified atom stereocenters. The van der Waals surface area contributed by atoms with Crippen molar-refractivity contribution in [2.75, 3.05) is 0 Å². The highest BCUT2D eigenvalue weighted by atomic mass is 35.5. The third kappa shape index (κ3) is 4.37. The van der Waals surface area contributed by atoms with Gasteiger partial charge in [-0.05, 0) is 19.1 Å². The monoisotopic (exact) mass is 450 g/mol. The summed E-state index contributed by atoms with van der Waals surface area (Å²) in [5, 5.41) is 14.2. The minimum Gasteiger partial charge on any atom is -0.477 e. The number of halogens is 2. The molecule has 0 aliphatic heterocycles. The standard InChI is InChI=1S/C21H20Cl2N2O5/c1-4-25-18(29-10-13-8-17(11(2)3)30-24-13)9-16(26)19(21(27)28)20(25)12-5-6-14(22)15(23)7-12/h5-9,11H,4,10H2,1-3H3,(H,27,28). The van der Waals surface area contributed by atoms with Gasteiger partial charge in [0.25, 0.3) is 0 Å². The Balaban J connectivity index is 2.10. The second-order valence-corrected chi connectivity index (χ2v) is 7.73. The maximum absolute atomic E-state index is 12.6. The molecule has 0 aliphatic rings. The van der Waals surface area contributed by atoms with Crippen LogP contribution in [0.4, 0.5) is 0 Å². The van der Waals surface area contributed by atoms with E-state index in [9.17, 15) is 14.7 Å². The van der Waals surface area contributed by atoms with Crippen molar-refractivity contribution < 1.29 is 19.2 Å². The van der Waals surface area contributed by atoms with Gasteiger partial charge in [-0.1, -0.05) is 48.3 Å². The van der Waals surface area contributed by atoms with Crippen molar-refractivity contribution in [2.45, 2.75) is 39.8 Å². The summed E-state index contributed by atoms with van der Waals surface area (Å²) in [5.74, 6) is -0.231. The van der Waals surface area contributed by atoms with Gasteiger partial charge in [-0.3, -0.25) is 4.79 Å². The molecule has 7 nitrogen and oxygen atoms in total. The van der Waals surface area contributed by atoms with Crippen molar-refractivity contribution in [3.05, 3.63) is 67.6 Å². The Morgan fingerprint density at radius 1 is 1.23 bits per heavy atom. The van der Waals surface area contributed by atoms with E-state index < -0.39 is 11.4 Å². The number of nitrogens with zero attached hydrogens (tertiary/aromatic N) is 2. The van der Waals surface area contributed by atoms with E-state index in [2.05, 4.69) is 5.16 Å². The second-order valence-electron chi connectivity index (χ2n) is 6.91. The van der Waals surface area contributed by atoms with Gasteiger partial charge in [-0.2, -0.15) is 0 Å². The minimum atomic E-state index is -1.34. The Kier molecular flexibility index (Phi) is 6.53. The molecule has 0 spiro atoms. The Hall–Kier alpha value is -2.77. The molecule has 9 heteroatoms. The van der Waals surface area contributed by atoms with Crippen molar-refractivity contribution in [1.29, 1.82) is 0 Å². The molecule has 3 aromatic rings. The van der Waals surface area contributed by atoms with Gasteiger partial charge in [-0.25, -0.2) is 4.79 Å². The molecule has 158 valence electrons. The fourth-order valence-electron chi connectivity index (χ4n) is 3.02. The number of ether oxygens (including phenoxy) is 1. The van der Waals surface area contributed by atoms with Crippen LogP contribution in [0, 0.1) is 0 Å². The molecule has 1 aromatic carbocycles. The van der Waals surface area contributed by atoms with Crippen LogP contribution in [0.3, 0.4) is 0 Å². The molecule has 0 amide bonds. The fourth-order valence-corrected chi connectivity index (χ4v) is 3.32. The second kappa shape index (κ2) is 8.93. The van der Waals surface area contributed by atoms with Gasteiger partial charge in [0.05, 0.1) is 15.7 Å². The third-order valence-corrected chi connectivity index (χ3v) is 5.25. The summed E-state index contributed by atoms with van der Waals surface area (Å²) < 4.78 is 12.7. The van der Waals surface area contributed by atoms with Gasteiger partial charge in [0, 0.05) is 30.2 Å². The molecule has 0 saturated heterocycles. The zero-order chi connectivity index (χ0) is 22.0. The first-order chi connectivity index (χ1) is 14.2. The van der Waals surface area contributed by atoms with Crippen LogP contribution in [0.1, 0.15) is 48.5 Å². The normalized spacial score (nSPS) is 11.1. The molecular formula is C21H20Cl2N2O5. The SMILES string of the molecule is CCn1c(OCc2cc(C(C)C)on2)cc(=O)c(C(=O)O)c1-c1ccc(Cl)c(Cl)c1.